The molecule has 4 nitrogen and oxygen atoms in total. The molecule has 0 aliphatic rings. The molecule has 0 saturated carbocycles. The molecule has 0 spiro atoms. The molecule has 0 unspecified atom stereocenters. The molecular formula is C23H25N3O. The highest BCUT2D eigenvalue weighted by molar-refractivity contribution is 6.06. The van der Waals surface area contributed by atoms with Crippen molar-refractivity contribution < 1.29 is 4.79 Å². The van der Waals surface area contributed by atoms with E-state index in [1.165, 1.54) is 5.56 Å². The number of nitrogens with one attached hydrogen (secondary N) is 1. The summed E-state index contributed by atoms with van der Waals surface area (Å²) in [6.45, 7) is 6.73. The quantitative estimate of drug-likeness (QED) is 0.644. The van der Waals surface area contributed by atoms with E-state index in [-0.39, 0.29) is 5.91 Å². The average molecular weight is 359 g/mol. The predicted molar refractivity (Wildman–Crippen MR) is 112 cm³/mol. The van der Waals surface area contributed by atoms with Crippen LogP contribution in [0.25, 0.3) is 0 Å². The van der Waals surface area contributed by atoms with Crippen LogP contribution < -0.4 is 10.2 Å². The summed E-state index contributed by atoms with van der Waals surface area (Å²) in [5.41, 5.74) is 5.67. The largest absolute Gasteiger partial charge is 0.354 e. The Hall–Kier alpha value is -3.14. The van der Waals surface area contributed by atoms with Crippen LogP contribution in [0.4, 0.5) is 17.1 Å². The number of para-hydroxylation sites is 1. The zero-order chi connectivity index (χ0) is 19.2. The number of carbonyl (C=O) groups is 1. The van der Waals surface area contributed by atoms with Gasteiger partial charge in [0.25, 0.3) is 5.91 Å². The second-order valence-electron chi connectivity index (χ2n) is 6.49. The fourth-order valence-corrected chi connectivity index (χ4v) is 3.13. The van der Waals surface area contributed by atoms with Gasteiger partial charge in [-0.1, -0.05) is 37.3 Å². The SMILES string of the molecule is CCc1ccccc1Nc1cncc(C(=O)N(CC)c2cccc(C)c2)c1. The molecule has 0 fully saturated rings. The van der Waals surface area contributed by atoms with Gasteiger partial charge in [0.1, 0.15) is 0 Å². The topological polar surface area (TPSA) is 45.2 Å². The van der Waals surface area contributed by atoms with Crippen LogP contribution in [-0.4, -0.2) is 17.4 Å². The lowest BCUT2D eigenvalue weighted by Crippen LogP contribution is -2.30. The number of nitrogens with zero attached hydrogens (tertiary/aromatic N) is 2. The van der Waals surface area contributed by atoms with E-state index in [0.717, 1.165) is 29.0 Å². The van der Waals surface area contributed by atoms with Crippen molar-refractivity contribution in [3.05, 3.63) is 83.7 Å². The van der Waals surface area contributed by atoms with Crippen molar-refractivity contribution in [3.8, 4) is 0 Å². The standard InChI is InChI=1S/C23H25N3O/c1-4-18-10-6-7-12-22(18)25-20-14-19(15-24-16-20)23(27)26(5-2)21-11-8-9-17(3)13-21/h6-16,25H,4-5H2,1-3H3. The number of benzene rings is 2. The van der Waals surface area contributed by atoms with Crippen molar-refractivity contribution in [1.82, 2.24) is 4.98 Å². The molecule has 27 heavy (non-hydrogen) atoms. The first-order valence-electron chi connectivity index (χ1n) is 9.31. The maximum Gasteiger partial charge on any atom is 0.259 e. The van der Waals surface area contributed by atoms with Crippen molar-refractivity contribution in [1.29, 1.82) is 0 Å². The van der Waals surface area contributed by atoms with Gasteiger partial charge in [-0.05, 0) is 55.7 Å². The minimum absolute atomic E-state index is 0.0528. The maximum absolute atomic E-state index is 13.1. The second-order valence-corrected chi connectivity index (χ2v) is 6.49. The molecule has 138 valence electrons. The van der Waals surface area contributed by atoms with Crippen molar-refractivity contribution in [2.24, 2.45) is 0 Å². The van der Waals surface area contributed by atoms with Gasteiger partial charge in [0.15, 0.2) is 0 Å². The van der Waals surface area contributed by atoms with E-state index >= 15 is 0 Å². The molecule has 1 N–H and O–H groups in total. The number of aromatic nitrogens is 1. The Bertz CT molecular complexity index is 936. The number of amides is 1. The molecule has 0 aliphatic heterocycles. The first-order chi connectivity index (χ1) is 13.1. The summed E-state index contributed by atoms with van der Waals surface area (Å²) in [5.74, 6) is -0.0528. The monoisotopic (exact) mass is 359 g/mol. The summed E-state index contributed by atoms with van der Waals surface area (Å²) in [7, 11) is 0. The minimum Gasteiger partial charge on any atom is -0.354 e. The number of aryl methyl sites for hydroxylation is 2. The van der Waals surface area contributed by atoms with Gasteiger partial charge in [0.05, 0.1) is 17.4 Å². The van der Waals surface area contributed by atoms with Gasteiger partial charge in [-0.15, -0.1) is 0 Å². The van der Waals surface area contributed by atoms with E-state index in [2.05, 4.69) is 23.3 Å². The summed E-state index contributed by atoms with van der Waals surface area (Å²) in [4.78, 5) is 19.1. The molecular weight excluding hydrogens is 334 g/mol. The Morgan fingerprint density at radius 2 is 1.85 bits per heavy atom. The van der Waals surface area contributed by atoms with Crippen LogP contribution in [0.3, 0.4) is 0 Å². The lowest BCUT2D eigenvalue weighted by Gasteiger charge is -2.22. The Morgan fingerprint density at radius 1 is 1.04 bits per heavy atom. The highest BCUT2D eigenvalue weighted by atomic mass is 16.2. The molecule has 0 aliphatic carbocycles. The summed E-state index contributed by atoms with van der Waals surface area (Å²) >= 11 is 0. The highest BCUT2D eigenvalue weighted by Crippen LogP contribution is 2.23. The lowest BCUT2D eigenvalue weighted by atomic mass is 10.1. The summed E-state index contributed by atoms with van der Waals surface area (Å²) < 4.78 is 0. The zero-order valence-corrected chi connectivity index (χ0v) is 16.1. The van der Waals surface area contributed by atoms with Crippen molar-refractivity contribution >= 4 is 23.0 Å². The smallest absolute Gasteiger partial charge is 0.259 e. The number of anilines is 3. The van der Waals surface area contributed by atoms with Gasteiger partial charge in [-0.2, -0.15) is 0 Å². The Labute approximate surface area is 160 Å². The molecule has 1 amide bonds. The maximum atomic E-state index is 13.1. The van der Waals surface area contributed by atoms with Crippen LogP contribution in [-0.2, 0) is 6.42 Å². The summed E-state index contributed by atoms with van der Waals surface area (Å²) in [6.07, 6.45) is 4.30. The number of hydrogen-bond donors (Lipinski definition) is 1. The molecule has 2 aromatic carbocycles. The van der Waals surface area contributed by atoms with E-state index < -0.39 is 0 Å². The van der Waals surface area contributed by atoms with Crippen LogP contribution in [0.5, 0.6) is 0 Å². The average Bonchev–Trinajstić information content (AvgIpc) is 2.69. The molecule has 1 aromatic heterocycles. The van der Waals surface area contributed by atoms with Crippen molar-refractivity contribution in [2.45, 2.75) is 27.2 Å². The molecule has 0 bridgehead atoms. The predicted octanol–water partition coefficient (Wildman–Crippen LogP) is 5.36. The molecule has 0 atom stereocenters. The minimum atomic E-state index is -0.0528. The highest BCUT2D eigenvalue weighted by Gasteiger charge is 2.17. The van der Waals surface area contributed by atoms with Gasteiger partial charge in [-0.3, -0.25) is 9.78 Å². The first kappa shape index (κ1) is 18.6. The Kier molecular flexibility index (Phi) is 5.87. The molecule has 0 saturated heterocycles. The van der Waals surface area contributed by atoms with Crippen LogP contribution in [0.2, 0.25) is 0 Å². The third-order valence-electron chi connectivity index (χ3n) is 4.54. The van der Waals surface area contributed by atoms with E-state index in [1.54, 1.807) is 17.3 Å². The number of hydrogen-bond acceptors (Lipinski definition) is 3. The van der Waals surface area contributed by atoms with Gasteiger partial charge < -0.3 is 10.2 Å². The fourth-order valence-electron chi connectivity index (χ4n) is 3.13. The van der Waals surface area contributed by atoms with Crippen LogP contribution in [0, 0.1) is 6.92 Å². The van der Waals surface area contributed by atoms with E-state index in [0.29, 0.717) is 12.1 Å². The van der Waals surface area contributed by atoms with Crippen molar-refractivity contribution in [3.63, 3.8) is 0 Å². The van der Waals surface area contributed by atoms with Crippen LogP contribution in [0.15, 0.2) is 67.0 Å². The number of pyridine rings is 1. The van der Waals surface area contributed by atoms with Gasteiger partial charge in [0.2, 0.25) is 0 Å². The third kappa shape index (κ3) is 4.34. The Morgan fingerprint density at radius 3 is 2.59 bits per heavy atom. The van der Waals surface area contributed by atoms with E-state index in [9.17, 15) is 4.79 Å². The van der Waals surface area contributed by atoms with Crippen molar-refractivity contribution in [2.75, 3.05) is 16.8 Å². The van der Waals surface area contributed by atoms with E-state index in [1.807, 2.05) is 62.4 Å². The molecule has 3 aromatic rings. The van der Waals surface area contributed by atoms with Gasteiger partial charge in [0, 0.05) is 24.1 Å². The number of carbonyl (C=O) groups excluding carboxylic acids is 1. The Balaban J connectivity index is 1.87. The van der Waals surface area contributed by atoms with Gasteiger partial charge in [-0.25, -0.2) is 0 Å². The van der Waals surface area contributed by atoms with Crippen LogP contribution in [0.1, 0.15) is 35.3 Å². The molecule has 0 radical (unpaired) electrons. The van der Waals surface area contributed by atoms with E-state index in [4.69, 9.17) is 0 Å². The van der Waals surface area contributed by atoms with Crippen LogP contribution >= 0.6 is 0 Å². The number of rotatable bonds is 6. The summed E-state index contributed by atoms with van der Waals surface area (Å²) in [6, 6.07) is 18.0. The fraction of sp³-hybridized carbons (Fsp3) is 0.217. The zero-order valence-electron chi connectivity index (χ0n) is 16.1. The second kappa shape index (κ2) is 8.49. The molecule has 1 heterocycles. The molecule has 3 rings (SSSR count). The first-order valence-corrected chi connectivity index (χ1v) is 9.31. The lowest BCUT2D eigenvalue weighted by molar-refractivity contribution is 0.0988. The normalized spacial score (nSPS) is 10.5. The van der Waals surface area contributed by atoms with Gasteiger partial charge >= 0.3 is 0 Å². The molecule has 4 heteroatoms. The summed E-state index contributed by atoms with van der Waals surface area (Å²) in [5, 5.41) is 3.39. The third-order valence-corrected chi connectivity index (χ3v) is 4.54.